The molecule has 0 bridgehead atoms. The molecule has 1 aromatic rings. The van der Waals surface area contributed by atoms with Crippen molar-refractivity contribution in [3.8, 4) is 0 Å². The average Bonchev–Trinajstić information content (AvgIpc) is 2.85. The topological polar surface area (TPSA) is 28.2 Å². The lowest BCUT2D eigenvalue weighted by atomic mass is 9.79. The molecule has 1 saturated carbocycles. The Labute approximate surface area is 126 Å². The van der Waals surface area contributed by atoms with E-state index in [4.69, 9.17) is 0 Å². The van der Waals surface area contributed by atoms with Crippen molar-refractivity contribution >= 4 is 11.3 Å². The van der Waals surface area contributed by atoms with E-state index in [1.54, 1.807) is 0 Å². The van der Waals surface area contributed by atoms with Crippen molar-refractivity contribution in [1.29, 1.82) is 0 Å². The lowest BCUT2D eigenvalue weighted by Gasteiger charge is -2.49. The van der Waals surface area contributed by atoms with Gasteiger partial charge in [-0.3, -0.25) is 4.90 Å². The summed E-state index contributed by atoms with van der Waals surface area (Å²) in [6.07, 6.45) is 10.3. The third-order valence-corrected chi connectivity index (χ3v) is 5.94. The number of hydrogen-bond acceptors (Lipinski definition) is 4. The Morgan fingerprint density at radius 2 is 2.20 bits per heavy atom. The van der Waals surface area contributed by atoms with Gasteiger partial charge in [0.25, 0.3) is 0 Å². The summed E-state index contributed by atoms with van der Waals surface area (Å²) in [5, 5.41) is 5.09. The van der Waals surface area contributed by atoms with E-state index in [1.807, 2.05) is 11.3 Å². The van der Waals surface area contributed by atoms with Gasteiger partial charge in [-0.25, -0.2) is 4.98 Å². The Balaban J connectivity index is 1.71. The number of piperazine rings is 1. The summed E-state index contributed by atoms with van der Waals surface area (Å²) < 4.78 is 0. The highest BCUT2D eigenvalue weighted by atomic mass is 32.1. The zero-order valence-corrected chi connectivity index (χ0v) is 13.6. The highest BCUT2D eigenvalue weighted by Gasteiger charge is 2.39. The van der Waals surface area contributed by atoms with Gasteiger partial charge in [-0.05, 0) is 26.2 Å². The molecule has 3 rings (SSSR count). The predicted octanol–water partition coefficient (Wildman–Crippen LogP) is 3.34. The molecule has 1 atom stereocenters. The quantitative estimate of drug-likeness (QED) is 0.926. The van der Waals surface area contributed by atoms with Gasteiger partial charge < -0.3 is 5.32 Å². The predicted molar refractivity (Wildman–Crippen MR) is 85.2 cm³/mol. The highest BCUT2D eigenvalue weighted by Crippen LogP contribution is 2.33. The Morgan fingerprint density at radius 1 is 1.40 bits per heavy atom. The molecule has 2 fully saturated rings. The molecule has 1 spiro atoms. The first kappa shape index (κ1) is 14.5. The summed E-state index contributed by atoms with van der Waals surface area (Å²) in [5.74, 6) is 0. The molecule has 1 N–H and O–H groups in total. The van der Waals surface area contributed by atoms with Crippen LogP contribution in [0.3, 0.4) is 0 Å². The standard InChI is InChI=1S/C16H27N3S/c1-3-14-9-18-16(7-5-4-6-8-16)12-19(14)11-15-10-17-13(2)20-15/h10,14,18H,3-9,11-12H2,1-2H3. The Kier molecular flexibility index (Phi) is 4.43. The van der Waals surface area contributed by atoms with E-state index in [0.717, 1.165) is 13.1 Å². The van der Waals surface area contributed by atoms with E-state index >= 15 is 0 Å². The van der Waals surface area contributed by atoms with Crippen LogP contribution in [0.4, 0.5) is 0 Å². The van der Waals surface area contributed by atoms with Crippen LogP contribution in [-0.2, 0) is 6.54 Å². The minimum atomic E-state index is 0.406. The molecule has 2 aliphatic rings. The van der Waals surface area contributed by atoms with Crippen LogP contribution in [0.5, 0.6) is 0 Å². The van der Waals surface area contributed by atoms with E-state index in [2.05, 4.69) is 35.2 Å². The van der Waals surface area contributed by atoms with Gasteiger partial charge >= 0.3 is 0 Å². The first-order valence-corrected chi connectivity index (χ1v) is 8.93. The molecule has 1 aliphatic carbocycles. The van der Waals surface area contributed by atoms with Gasteiger partial charge in [0.15, 0.2) is 0 Å². The van der Waals surface area contributed by atoms with Crippen LogP contribution in [-0.4, -0.2) is 34.6 Å². The van der Waals surface area contributed by atoms with Crippen LogP contribution in [0.15, 0.2) is 6.20 Å². The Morgan fingerprint density at radius 3 is 2.85 bits per heavy atom. The van der Waals surface area contributed by atoms with Crippen molar-refractivity contribution in [2.24, 2.45) is 0 Å². The number of aryl methyl sites for hydroxylation is 1. The number of nitrogens with zero attached hydrogens (tertiary/aromatic N) is 2. The van der Waals surface area contributed by atoms with Gasteiger partial charge in [-0.1, -0.05) is 26.2 Å². The van der Waals surface area contributed by atoms with Crippen LogP contribution in [0.25, 0.3) is 0 Å². The summed E-state index contributed by atoms with van der Waals surface area (Å²) in [5.41, 5.74) is 0.406. The number of hydrogen-bond donors (Lipinski definition) is 1. The van der Waals surface area contributed by atoms with Crippen molar-refractivity contribution in [1.82, 2.24) is 15.2 Å². The van der Waals surface area contributed by atoms with Crippen molar-refractivity contribution in [2.75, 3.05) is 13.1 Å². The first-order chi connectivity index (χ1) is 9.71. The van der Waals surface area contributed by atoms with Crippen LogP contribution in [0.1, 0.15) is 55.3 Å². The highest BCUT2D eigenvalue weighted by molar-refractivity contribution is 7.11. The molecule has 1 saturated heterocycles. The maximum absolute atomic E-state index is 4.41. The van der Waals surface area contributed by atoms with Crippen LogP contribution >= 0.6 is 11.3 Å². The molecule has 0 radical (unpaired) electrons. The maximum Gasteiger partial charge on any atom is 0.0897 e. The van der Waals surface area contributed by atoms with Crippen LogP contribution in [0.2, 0.25) is 0 Å². The lowest BCUT2D eigenvalue weighted by molar-refractivity contribution is 0.0491. The number of rotatable bonds is 3. The molecular formula is C16H27N3S. The fraction of sp³-hybridized carbons (Fsp3) is 0.812. The largest absolute Gasteiger partial charge is 0.308 e. The third-order valence-electron chi connectivity index (χ3n) is 5.04. The van der Waals surface area contributed by atoms with Crippen LogP contribution in [0, 0.1) is 6.92 Å². The SMILES string of the molecule is CCC1CNC2(CCCCC2)CN1Cc1cnc(C)s1. The number of nitrogens with one attached hydrogen (secondary N) is 1. The Bertz CT molecular complexity index is 437. The maximum atomic E-state index is 4.41. The van der Waals surface area contributed by atoms with Gasteiger partial charge in [0.05, 0.1) is 5.01 Å². The second-order valence-electron chi connectivity index (χ2n) is 6.53. The summed E-state index contributed by atoms with van der Waals surface area (Å²) >= 11 is 1.86. The molecular weight excluding hydrogens is 266 g/mol. The van der Waals surface area contributed by atoms with Crippen molar-refractivity contribution in [3.05, 3.63) is 16.1 Å². The van der Waals surface area contributed by atoms with Gasteiger partial charge in [0.2, 0.25) is 0 Å². The zero-order chi connectivity index (χ0) is 14.0. The fourth-order valence-electron chi connectivity index (χ4n) is 3.87. The summed E-state index contributed by atoms with van der Waals surface area (Å²) in [4.78, 5) is 8.56. The zero-order valence-electron chi connectivity index (χ0n) is 12.8. The molecule has 20 heavy (non-hydrogen) atoms. The minimum Gasteiger partial charge on any atom is -0.308 e. The van der Waals surface area contributed by atoms with E-state index in [-0.39, 0.29) is 0 Å². The van der Waals surface area contributed by atoms with Crippen LogP contribution < -0.4 is 5.32 Å². The fourth-order valence-corrected chi connectivity index (χ4v) is 4.69. The minimum absolute atomic E-state index is 0.406. The monoisotopic (exact) mass is 293 g/mol. The molecule has 0 aromatic carbocycles. The second-order valence-corrected chi connectivity index (χ2v) is 7.85. The number of aromatic nitrogens is 1. The van der Waals surface area contributed by atoms with E-state index in [9.17, 15) is 0 Å². The number of thiazole rings is 1. The Hall–Kier alpha value is -0.450. The van der Waals surface area contributed by atoms with E-state index in [0.29, 0.717) is 11.6 Å². The molecule has 2 heterocycles. The summed E-state index contributed by atoms with van der Waals surface area (Å²) in [6.45, 7) is 7.90. The normalized spacial score (nSPS) is 27.0. The second kappa shape index (κ2) is 6.12. The summed E-state index contributed by atoms with van der Waals surface area (Å²) in [7, 11) is 0. The molecule has 112 valence electrons. The van der Waals surface area contributed by atoms with E-state index < -0.39 is 0 Å². The van der Waals surface area contributed by atoms with Crippen molar-refractivity contribution in [2.45, 2.75) is 70.5 Å². The molecule has 1 aromatic heterocycles. The smallest absolute Gasteiger partial charge is 0.0897 e. The lowest BCUT2D eigenvalue weighted by Crippen LogP contribution is -2.64. The van der Waals surface area contributed by atoms with Crippen molar-refractivity contribution < 1.29 is 0 Å². The summed E-state index contributed by atoms with van der Waals surface area (Å²) in [6, 6.07) is 0.685. The third kappa shape index (κ3) is 3.07. The van der Waals surface area contributed by atoms with Gasteiger partial charge in [0, 0.05) is 42.3 Å². The molecule has 1 unspecified atom stereocenters. The molecule has 3 nitrogen and oxygen atoms in total. The first-order valence-electron chi connectivity index (χ1n) is 8.11. The van der Waals surface area contributed by atoms with Crippen molar-refractivity contribution in [3.63, 3.8) is 0 Å². The molecule has 0 amide bonds. The van der Waals surface area contributed by atoms with Gasteiger partial charge in [-0.2, -0.15) is 0 Å². The van der Waals surface area contributed by atoms with Gasteiger partial charge in [-0.15, -0.1) is 11.3 Å². The average molecular weight is 293 g/mol. The van der Waals surface area contributed by atoms with E-state index in [1.165, 1.54) is 55.0 Å². The molecule has 4 heteroatoms. The molecule has 1 aliphatic heterocycles. The van der Waals surface area contributed by atoms with Gasteiger partial charge in [0.1, 0.15) is 0 Å².